The molecule has 10 heavy (non-hydrogen) atoms. The van der Waals surface area contributed by atoms with Gasteiger partial charge in [0, 0.05) is 11.9 Å². The minimum absolute atomic E-state index is 2.15. The molecule has 0 unspecified atom stereocenters. The average Bonchev–Trinajstić information content (AvgIpc) is 2.02. The van der Waals surface area contributed by atoms with Gasteiger partial charge in [0.2, 0.25) is 0 Å². The molecule has 0 aliphatic rings. The molecule has 0 saturated carbocycles. The Morgan fingerprint density at radius 3 is 2.50 bits per heavy atom. The molecule has 0 aromatic carbocycles. The fourth-order valence-electron chi connectivity index (χ4n) is 0.174. The van der Waals surface area contributed by atoms with Crippen LogP contribution in [0.25, 0.3) is 0 Å². The number of carboxylic acid groups (broad SMARTS) is 2. The normalized spacial score (nSPS) is 25.9. The van der Waals surface area contributed by atoms with E-state index in [0.717, 1.165) is 0 Å². The Kier molecular flexibility index (Phi) is 1.28. The Morgan fingerprint density at radius 2 is 2.20 bits per heavy atom. The van der Waals surface area contributed by atoms with Crippen LogP contribution in [0, 0.1) is 0 Å². The van der Waals surface area contributed by atoms with Crippen molar-refractivity contribution in [1.29, 1.82) is 0 Å². The van der Waals surface area contributed by atoms with Crippen molar-refractivity contribution in [2.45, 2.75) is 18.8 Å². The van der Waals surface area contributed by atoms with Crippen molar-refractivity contribution in [3.63, 3.8) is 0 Å². The first-order chi connectivity index (χ1) is 6.39. The molecule has 0 spiro atoms. The lowest BCUT2D eigenvalue weighted by Crippen LogP contribution is -2.30. The standard InChI is InChI=1S/C5H9NO4/c6-3(5(9)10)1-2-4(7)8/h3H,1-2,6H2,(H,7,8)(H,9,10)/t3-/m1/s1/i1D2,2D2,3D. The van der Waals surface area contributed by atoms with Gasteiger partial charge in [-0.2, -0.15) is 0 Å². The van der Waals surface area contributed by atoms with Gasteiger partial charge in [-0.05, 0) is 6.37 Å². The molecule has 0 rings (SSSR count). The highest BCUT2D eigenvalue weighted by atomic mass is 16.4. The fourth-order valence-corrected chi connectivity index (χ4v) is 0.174. The number of nitrogens with two attached hydrogens (primary N) is 1. The SMILES string of the molecule is [2H]C([2H])(C(=O)O)C([2H])([2H])[C@@]([2H])(N)C(=O)O. The van der Waals surface area contributed by atoms with Crippen LogP contribution in [0.3, 0.4) is 0 Å². The summed E-state index contributed by atoms with van der Waals surface area (Å²) in [6.07, 6.45) is -7.17. The van der Waals surface area contributed by atoms with Crippen LogP contribution in [0.1, 0.15) is 19.6 Å². The lowest BCUT2D eigenvalue weighted by atomic mass is 10.2. The summed E-state index contributed by atoms with van der Waals surface area (Å²) in [5, 5.41) is 16.8. The van der Waals surface area contributed by atoms with E-state index < -0.39 is 30.7 Å². The van der Waals surface area contributed by atoms with Crippen molar-refractivity contribution in [1.82, 2.24) is 0 Å². The Hall–Kier alpha value is -1.10. The van der Waals surface area contributed by atoms with Crippen molar-refractivity contribution in [2.75, 3.05) is 0 Å². The number of rotatable bonds is 4. The first kappa shape index (κ1) is 3.34. The van der Waals surface area contributed by atoms with Crippen molar-refractivity contribution in [3.05, 3.63) is 0 Å². The quantitative estimate of drug-likeness (QED) is 0.492. The van der Waals surface area contributed by atoms with Crippen LogP contribution >= 0.6 is 0 Å². The van der Waals surface area contributed by atoms with Gasteiger partial charge in [0.15, 0.2) is 0 Å². The summed E-state index contributed by atoms with van der Waals surface area (Å²) in [5.74, 6) is -4.38. The van der Waals surface area contributed by atoms with E-state index in [2.05, 4.69) is 0 Å². The molecule has 5 nitrogen and oxygen atoms in total. The Morgan fingerprint density at radius 1 is 1.70 bits per heavy atom. The molecule has 0 fully saturated rings. The van der Waals surface area contributed by atoms with E-state index in [-0.39, 0.29) is 0 Å². The summed E-state index contributed by atoms with van der Waals surface area (Å²) in [5.41, 5.74) is 4.75. The van der Waals surface area contributed by atoms with Crippen molar-refractivity contribution >= 4 is 11.9 Å². The van der Waals surface area contributed by atoms with Crippen LogP contribution in [0.2, 0.25) is 0 Å². The van der Waals surface area contributed by atoms with Crippen LogP contribution in [0.4, 0.5) is 0 Å². The van der Waals surface area contributed by atoms with Crippen LogP contribution in [0.15, 0.2) is 0 Å². The molecule has 0 aromatic heterocycles. The van der Waals surface area contributed by atoms with Crippen LogP contribution in [0.5, 0.6) is 0 Å². The summed E-state index contributed by atoms with van der Waals surface area (Å²) >= 11 is 0. The first-order valence-corrected chi connectivity index (χ1v) is 2.14. The molecule has 0 aliphatic carbocycles. The maximum atomic E-state index is 10.4. The van der Waals surface area contributed by atoms with Gasteiger partial charge in [0.25, 0.3) is 0 Å². The Balaban J connectivity index is 5.50. The molecular formula is C5H9NO4. The minimum atomic E-state index is -3.59. The summed E-state index contributed by atoms with van der Waals surface area (Å²) in [4.78, 5) is 20.8. The van der Waals surface area contributed by atoms with Gasteiger partial charge in [-0.1, -0.05) is 0 Å². The molecule has 0 heterocycles. The highest BCUT2D eigenvalue weighted by Crippen LogP contribution is 1.93. The lowest BCUT2D eigenvalue weighted by molar-refractivity contribution is -0.139. The molecule has 1 atom stereocenters. The van der Waals surface area contributed by atoms with Crippen LogP contribution < -0.4 is 5.73 Å². The molecule has 0 aromatic rings. The van der Waals surface area contributed by atoms with E-state index >= 15 is 0 Å². The average molecular weight is 152 g/mol. The smallest absolute Gasteiger partial charge is 0.320 e. The molecule has 5 heteroatoms. The Labute approximate surface area is 64.5 Å². The summed E-state index contributed by atoms with van der Waals surface area (Å²) in [7, 11) is 0. The largest absolute Gasteiger partial charge is 0.481 e. The maximum absolute atomic E-state index is 10.4. The zero-order valence-corrected chi connectivity index (χ0v) is 4.79. The molecule has 0 radical (unpaired) electrons. The molecule has 0 aliphatic heterocycles. The summed E-state index contributed by atoms with van der Waals surface area (Å²) in [6, 6.07) is -3.39. The second kappa shape index (κ2) is 3.84. The highest BCUT2D eigenvalue weighted by Gasteiger charge is 2.12. The Bertz CT molecular complexity index is 274. The second-order valence-electron chi connectivity index (χ2n) is 1.27. The van der Waals surface area contributed by atoms with Gasteiger partial charge in [-0.15, -0.1) is 0 Å². The van der Waals surface area contributed by atoms with Crippen molar-refractivity contribution < 1.29 is 26.7 Å². The van der Waals surface area contributed by atoms with E-state index in [1.165, 1.54) is 0 Å². The topological polar surface area (TPSA) is 101 Å². The van der Waals surface area contributed by atoms with Gasteiger partial charge >= 0.3 is 11.9 Å². The lowest BCUT2D eigenvalue weighted by Gasteiger charge is -2.01. The van der Waals surface area contributed by atoms with Crippen molar-refractivity contribution in [3.8, 4) is 0 Å². The number of carbonyl (C=O) groups is 2. The maximum Gasteiger partial charge on any atom is 0.320 e. The van der Waals surface area contributed by atoms with Crippen LogP contribution in [-0.2, 0) is 9.59 Å². The predicted octanol–water partition coefficient (Wildman–Crippen LogP) is -0.737. The molecule has 0 bridgehead atoms. The van der Waals surface area contributed by atoms with E-state index in [0.29, 0.717) is 0 Å². The molecule has 0 saturated heterocycles. The van der Waals surface area contributed by atoms with Gasteiger partial charge in [-0.3, -0.25) is 9.59 Å². The zero-order valence-electron chi connectivity index (χ0n) is 9.79. The monoisotopic (exact) mass is 152 g/mol. The van der Waals surface area contributed by atoms with Gasteiger partial charge in [0.1, 0.15) is 6.02 Å². The summed E-state index contributed by atoms with van der Waals surface area (Å²) in [6.45, 7) is 0. The molecule has 0 amide bonds. The van der Waals surface area contributed by atoms with Gasteiger partial charge < -0.3 is 15.9 Å². The number of carboxylic acids is 2. The number of hydrogen-bond donors (Lipinski definition) is 3. The first-order valence-electron chi connectivity index (χ1n) is 4.64. The van der Waals surface area contributed by atoms with Crippen molar-refractivity contribution in [2.24, 2.45) is 5.73 Å². The third kappa shape index (κ3) is 3.85. The van der Waals surface area contributed by atoms with Gasteiger partial charge in [0.05, 0.1) is 1.37 Å². The highest BCUT2D eigenvalue weighted by molar-refractivity contribution is 5.74. The molecule has 58 valence electrons. The molecular weight excluding hydrogens is 138 g/mol. The molecule has 4 N–H and O–H groups in total. The third-order valence-corrected chi connectivity index (χ3v) is 0.535. The third-order valence-electron chi connectivity index (χ3n) is 0.535. The second-order valence-corrected chi connectivity index (χ2v) is 1.27. The van der Waals surface area contributed by atoms with E-state index in [1.807, 2.05) is 0 Å². The predicted molar refractivity (Wildman–Crippen MR) is 32.5 cm³/mol. The van der Waals surface area contributed by atoms with E-state index in [4.69, 9.17) is 22.8 Å². The number of aliphatic carboxylic acids is 2. The van der Waals surface area contributed by atoms with E-state index in [1.54, 1.807) is 0 Å². The minimum Gasteiger partial charge on any atom is -0.481 e. The van der Waals surface area contributed by atoms with E-state index in [9.17, 15) is 9.59 Å². The number of hydrogen-bond acceptors (Lipinski definition) is 3. The zero-order chi connectivity index (χ0) is 12.7. The fraction of sp³-hybridized carbons (Fsp3) is 0.600. The summed E-state index contributed by atoms with van der Waals surface area (Å²) < 4.78 is 34.7. The van der Waals surface area contributed by atoms with Gasteiger partial charge in [-0.25, -0.2) is 0 Å². The van der Waals surface area contributed by atoms with Crippen LogP contribution in [-0.4, -0.2) is 28.2 Å².